The summed E-state index contributed by atoms with van der Waals surface area (Å²) in [6, 6.07) is 17.7. The number of rotatable bonds is 3. The lowest BCUT2D eigenvalue weighted by Gasteiger charge is -2.11. The standard InChI is InChI=1S/C28H25N3O2S/c1-15-9-7-13-21(18(15)4)29-28-31(22-14-8-10-16(2)19(22)5)27(33)25(34-28)23-20-12-6-11-17(3)24(20)30-26(23)32/h6-14,33H,1-5H3. The Bertz CT molecular complexity index is 1690. The molecule has 3 aromatic carbocycles. The SMILES string of the molecule is Cc1cccc(N=c2sc(C3=c4cccc(C)c4=NC3=O)c(O)n2-c2cccc(C)c2C)c1C. The van der Waals surface area contributed by atoms with Gasteiger partial charge >= 0.3 is 0 Å². The number of hydrogen-bond donors (Lipinski definition) is 1. The molecular weight excluding hydrogens is 442 g/mol. The maximum atomic E-state index is 13.0. The fourth-order valence-electron chi connectivity index (χ4n) is 4.27. The molecule has 6 heteroatoms. The normalized spacial score (nSPS) is 13.4. The first-order chi connectivity index (χ1) is 16.3. The highest BCUT2D eigenvalue weighted by Gasteiger charge is 2.27. The number of aryl methyl sites for hydroxylation is 3. The Kier molecular flexibility index (Phi) is 5.33. The van der Waals surface area contributed by atoms with Crippen molar-refractivity contribution < 1.29 is 9.90 Å². The molecule has 0 aliphatic carbocycles. The van der Waals surface area contributed by atoms with Gasteiger partial charge in [0.2, 0.25) is 5.88 Å². The van der Waals surface area contributed by atoms with Crippen LogP contribution in [0.4, 0.5) is 5.69 Å². The lowest BCUT2D eigenvalue weighted by molar-refractivity contribution is -0.112. The maximum Gasteiger partial charge on any atom is 0.279 e. The zero-order chi connectivity index (χ0) is 24.1. The van der Waals surface area contributed by atoms with Crippen molar-refractivity contribution in [3.63, 3.8) is 0 Å². The van der Waals surface area contributed by atoms with Gasteiger partial charge in [-0.25, -0.2) is 9.98 Å². The van der Waals surface area contributed by atoms with Crippen LogP contribution >= 0.6 is 11.3 Å². The third kappa shape index (κ3) is 3.42. The van der Waals surface area contributed by atoms with E-state index in [4.69, 9.17) is 4.99 Å². The van der Waals surface area contributed by atoms with Crippen LogP contribution in [0.1, 0.15) is 32.7 Å². The molecule has 0 fully saturated rings. The van der Waals surface area contributed by atoms with Gasteiger partial charge in [-0.05, 0) is 74.6 Å². The molecular formula is C28H25N3O2S. The van der Waals surface area contributed by atoms with Crippen LogP contribution in [0.5, 0.6) is 5.88 Å². The first-order valence-electron chi connectivity index (χ1n) is 11.1. The smallest absolute Gasteiger partial charge is 0.279 e. The maximum absolute atomic E-state index is 13.0. The molecule has 1 aliphatic heterocycles. The topological polar surface area (TPSA) is 66.9 Å². The van der Waals surface area contributed by atoms with Crippen molar-refractivity contribution >= 4 is 28.5 Å². The van der Waals surface area contributed by atoms with Gasteiger partial charge < -0.3 is 5.11 Å². The van der Waals surface area contributed by atoms with Gasteiger partial charge in [0.15, 0.2) is 4.80 Å². The summed E-state index contributed by atoms with van der Waals surface area (Å²) in [5.41, 5.74) is 7.37. The Morgan fingerprint density at radius 1 is 0.853 bits per heavy atom. The van der Waals surface area contributed by atoms with Gasteiger partial charge in [-0.3, -0.25) is 9.36 Å². The molecule has 0 saturated carbocycles. The van der Waals surface area contributed by atoms with Crippen LogP contribution in [0.15, 0.2) is 64.6 Å². The highest BCUT2D eigenvalue weighted by Crippen LogP contribution is 2.33. The number of aromatic hydroxyl groups is 1. The van der Waals surface area contributed by atoms with E-state index in [9.17, 15) is 9.90 Å². The Balaban J connectivity index is 1.89. The second-order valence-electron chi connectivity index (χ2n) is 8.69. The summed E-state index contributed by atoms with van der Waals surface area (Å²) in [4.78, 5) is 23.3. The molecule has 0 spiro atoms. The number of para-hydroxylation sites is 1. The molecule has 0 bridgehead atoms. The van der Waals surface area contributed by atoms with Gasteiger partial charge in [0, 0.05) is 5.22 Å². The number of hydrogen-bond acceptors (Lipinski definition) is 4. The van der Waals surface area contributed by atoms with Crippen molar-refractivity contribution in [1.29, 1.82) is 0 Å². The van der Waals surface area contributed by atoms with Gasteiger partial charge in [-0.15, -0.1) is 0 Å². The van der Waals surface area contributed by atoms with Gasteiger partial charge in [0.1, 0.15) is 4.88 Å². The fraction of sp³-hybridized carbons (Fsp3) is 0.179. The van der Waals surface area contributed by atoms with E-state index < -0.39 is 0 Å². The number of carbonyl (C=O) groups is 1. The number of amides is 1. The minimum atomic E-state index is -0.341. The van der Waals surface area contributed by atoms with Crippen molar-refractivity contribution in [2.45, 2.75) is 34.6 Å². The molecule has 1 aliphatic rings. The van der Waals surface area contributed by atoms with Gasteiger partial charge in [-0.2, -0.15) is 0 Å². The third-order valence-electron chi connectivity index (χ3n) is 6.57. The van der Waals surface area contributed by atoms with Gasteiger partial charge in [0.05, 0.1) is 22.3 Å². The highest BCUT2D eigenvalue weighted by molar-refractivity contribution is 7.11. The highest BCUT2D eigenvalue weighted by atomic mass is 32.1. The van der Waals surface area contributed by atoms with E-state index in [-0.39, 0.29) is 11.8 Å². The van der Waals surface area contributed by atoms with E-state index in [1.165, 1.54) is 11.3 Å². The van der Waals surface area contributed by atoms with E-state index in [0.717, 1.165) is 44.4 Å². The van der Waals surface area contributed by atoms with Crippen molar-refractivity contribution in [1.82, 2.24) is 4.57 Å². The predicted molar refractivity (Wildman–Crippen MR) is 135 cm³/mol. The summed E-state index contributed by atoms with van der Waals surface area (Å²) in [6.45, 7) is 10.1. The second-order valence-corrected chi connectivity index (χ2v) is 9.66. The number of carbonyl (C=O) groups excluding carboxylic acids is 1. The number of nitrogens with zero attached hydrogens (tertiary/aromatic N) is 3. The molecule has 170 valence electrons. The van der Waals surface area contributed by atoms with E-state index >= 15 is 0 Å². The molecule has 0 radical (unpaired) electrons. The Morgan fingerprint density at radius 2 is 1.50 bits per heavy atom. The zero-order valence-electron chi connectivity index (χ0n) is 19.8. The molecule has 1 N–H and O–H groups in total. The van der Waals surface area contributed by atoms with Crippen LogP contribution in [-0.4, -0.2) is 15.6 Å². The number of benzene rings is 3. The van der Waals surface area contributed by atoms with Crippen LogP contribution < -0.4 is 15.4 Å². The van der Waals surface area contributed by atoms with Gasteiger partial charge in [-0.1, -0.05) is 53.8 Å². The quantitative estimate of drug-likeness (QED) is 0.486. The predicted octanol–water partition coefficient (Wildman–Crippen LogP) is 4.38. The summed E-state index contributed by atoms with van der Waals surface area (Å²) in [5.74, 6) is -0.345. The first kappa shape index (κ1) is 22.0. The summed E-state index contributed by atoms with van der Waals surface area (Å²) in [6.07, 6.45) is 0. The van der Waals surface area contributed by atoms with Crippen LogP contribution in [0.3, 0.4) is 0 Å². The van der Waals surface area contributed by atoms with Crippen LogP contribution in [-0.2, 0) is 4.79 Å². The molecule has 0 saturated heterocycles. The summed E-state index contributed by atoms with van der Waals surface area (Å²) >= 11 is 1.30. The molecule has 5 nitrogen and oxygen atoms in total. The number of thiazole rings is 1. The average Bonchev–Trinajstić information content (AvgIpc) is 3.30. The Morgan fingerprint density at radius 3 is 2.26 bits per heavy atom. The minimum Gasteiger partial charge on any atom is -0.493 e. The van der Waals surface area contributed by atoms with Crippen molar-refractivity contribution in [2.24, 2.45) is 9.98 Å². The Labute approximate surface area is 201 Å². The zero-order valence-corrected chi connectivity index (χ0v) is 20.6. The molecule has 5 rings (SSSR count). The molecule has 34 heavy (non-hydrogen) atoms. The summed E-state index contributed by atoms with van der Waals surface area (Å²) < 4.78 is 1.75. The van der Waals surface area contributed by atoms with E-state index in [0.29, 0.717) is 20.6 Å². The number of aromatic nitrogens is 1. The van der Waals surface area contributed by atoms with Crippen LogP contribution in [0.2, 0.25) is 0 Å². The van der Waals surface area contributed by atoms with Gasteiger partial charge in [0.25, 0.3) is 5.91 Å². The molecule has 2 heterocycles. The third-order valence-corrected chi connectivity index (χ3v) is 7.62. The van der Waals surface area contributed by atoms with Crippen molar-refractivity contribution in [3.05, 3.63) is 103 Å². The molecule has 1 amide bonds. The van der Waals surface area contributed by atoms with Crippen molar-refractivity contribution in [3.8, 4) is 11.6 Å². The molecule has 4 aromatic rings. The molecule has 1 aromatic heterocycles. The summed E-state index contributed by atoms with van der Waals surface area (Å²) in [7, 11) is 0. The molecule has 0 atom stereocenters. The largest absolute Gasteiger partial charge is 0.493 e. The lowest BCUT2D eigenvalue weighted by atomic mass is 10.1. The first-order valence-corrected chi connectivity index (χ1v) is 11.9. The monoisotopic (exact) mass is 467 g/mol. The van der Waals surface area contributed by atoms with E-state index in [1.807, 2.05) is 76.2 Å². The van der Waals surface area contributed by atoms with E-state index in [1.54, 1.807) is 4.57 Å². The Hall–Kier alpha value is -3.77. The van der Waals surface area contributed by atoms with Crippen molar-refractivity contribution in [2.75, 3.05) is 0 Å². The fourth-order valence-corrected chi connectivity index (χ4v) is 5.35. The lowest BCUT2D eigenvalue weighted by Crippen LogP contribution is -2.25. The molecule has 0 unspecified atom stereocenters. The number of fused-ring (bicyclic) bond motifs is 1. The van der Waals surface area contributed by atoms with Crippen LogP contribution in [0.25, 0.3) is 11.3 Å². The second kappa shape index (κ2) is 8.22. The summed E-state index contributed by atoms with van der Waals surface area (Å²) in [5, 5.41) is 13.0. The minimum absolute atomic E-state index is 0.00402. The van der Waals surface area contributed by atoms with E-state index in [2.05, 4.69) is 18.0 Å². The van der Waals surface area contributed by atoms with Crippen LogP contribution in [0, 0.1) is 34.6 Å². The average molecular weight is 468 g/mol.